The van der Waals surface area contributed by atoms with Gasteiger partial charge in [0.05, 0.1) is 12.1 Å². The molecule has 2 aromatic carbocycles. The van der Waals surface area contributed by atoms with Gasteiger partial charge in [0.1, 0.15) is 11.4 Å². The summed E-state index contributed by atoms with van der Waals surface area (Å²) < 4.78 is 0. The summed E-state index contributed by atoms with van der Waals surface area (Å²) in [4.78, 5) is 9.56. The molecule has 0 spiro atoms. The summed E-state index contributed by atoms with van der Waals surface area (Å²) in [6, 6.07) is 13.5. The largest absolute Gasteiger partial charge is 0.392 e. The monoisotopic (exact) mass is 302 g/mol. The number of halogens is 1. The van der Waals surface area contributed by atoms with Crippen LogP contribution in [0, 0.1) is 0 Å². The van der Waals surface area contributed by atoms with Crippen LogP contribution in [0.3, 0.4) is 0 Å². The van der Waals surface area contributed by atoms with Gasteiger partial charge < -0.3 is 5.11 Å². The van der Waals surface area contributed by atoms with Gasteiger partial charge in [-0.05, 0) is 23.8 Å². The molecule has 3 nitrogen and oxygen atoms in total. The van der Waals surface area contributed by atoms with Gasteiger partial charge in [-0.25, -0.2) is 9.97 Å². The molecular formula is C15H11ClN2OS. The summed E-state index contributed by atoms with van der Waals surface area (Å²) >= 11 is 7.64. The smallest absolute Gasteiger partial charge is 0.117 e. The Hall–Kier alpha value is -1.62. The molecule has 1 N–H and O–H groups in total. The summed E-state index contributed by atoms with van der Waals surface area (Å²) in [6.45, 7) is -0.0553. The molecule has 0 radical (unpaired) electrons. The number of aliphatic hydroxyl groups is 1. The van der Waals surface area contributed by atoms with E-state index in [4.69, 9.17) is 16.7 Å². The van der Waals surface area contributed by atoms with Crippen molar-refractivity contribution in [2.24, 2.45) is 0 Å². The summed E-state index contributed by atoms with van der Waals surface area (Å²) in [7, 11) is 0. The molecule has 0 bridgehead atoms. The Morgan fingerprint density at radius 1 is 1.10 bits per heavy atom. The van der Waals surface area contributed by atoms with Crippen LogP contribution in [0.25, 0.3) is 10.9 Å². The second-order valence-electron chi connectivity index (χ2n) is 4.21. The summed E-state index contributed by atoms with van der Waals surface area (Å²) in [5, 5.41) is 11.6. The molecule has 0 aliphatic rings. The molecule has 100 valence electrons. The van der Waals surface area contributed by atoms with E-state index < -0.39 is 0 Å². The molecule has 5 heteroatoms. The topological polar surface area (TPSA) is 46.0 Å². The van der Waals surface area contributed by atoms with E-state index >= 15 is 0 Å². The molecular weight excluding hydrogens is 292 g/mol. The molecule has 20 heavy (non-hydrogen) atoms. The van der Waals surface area contributed by atoms with Crippen molar-refractivity contribution in [3.8, 4) is 0 Å². The van der Waals surface area contributed by atoms with Crippen molar-refractivity contribution in [2.75, 3.05) is 0 Å². The highest BCUT2D eigenvalue weighted by atomic mass is 35.5. The first-order chi connectivity index (χ1) is 9.78. The lowest BCUT2D eigenvalue weighted by Gasteiger charge is -2.06. The highest BCUT2D eigenvalue weighted by molar-refractivity contribution is 7.99. The second-order valence-corrected chi connectivity index (χ2v) is 5.68. The van der Waals surface area contributed by atoms with Crippen LogP contribution in [-0.2, 0) is 6.61 Å². The lowest BCUT2D eigenvalue weighted by molar-refractivity contribution is 0.282. The van der Waals surface area contributed by atoms with Gasteiger partial charge in [-0.2, -0.15) is 0 Å². The SMILES string of the molecule is OCc1ccc(Sc2ncnc3ccccc23)cc1Cl. The predicted molar refractivity (Wildman–Crippen MR) is 81.0 cm³/mol. The Morgan fingerprint density at radius 2 is 1.95 bits per heavy atom. The molecule has 3 rings (SSSR count). The van der Waals surface area contributed by atoms with E-state index in [1.54, 1.807) is 6.33 Å². The molecule has 0 amide bonds. The van der Waals surface area contributed by atoms with E-state index in [0.29, 0.717) is 5.02 Å². The van der Waals surface area contributed by atoms with Crippen molar-refractivity contribution in [3.05, 3.63) is 59.4 Å². The molecule has 0 atom stereocenters. The van der Waals surface area contributed by atoms with Gasteiger partial charge in [-0.1, -0.05) is 47.6 Å². The van der Waals surface area contributed by atoms with Gasteiger partial charge in [0, 0.05) is 15.3 Å². The Balaban J connectivity index is 1.99. The zero-order valence-corrected chi connectivity index (χ0v) is 12.0. The fourth-order valence-corrected chi connectivity index (χ4v) is 3.12. The summed E-state index contributed by atoms with van der Waals surface area (Å²) in [6.07, 6.45) is 1.56. The van der Waals surface area contributed by atoms with E-state index in [0.717, 1.165) is 26.4 Å². The van der Waals surface area contributed by atoms with E-state index in [9.17, 15) is 0 Å². The molecule has 0 aliphatic carbocycles. The lowest BCUT2D eigenvalue weighted by atomic mass is 10.2. The molecule has 1 aromatic heterocycles. The van der Waals surface area contributed by atoms with Crippen LogP contribution in [0.15, 0.2) is 58.7 Å². The first-order valence-electron chi connectivity index (χ1n) is 6.05. The maximum Gasteiger partial charge on any atom is 0.117 e. The number of fused-ring (bicyclic) bond motifs is 1. The molecule has 0 saturated carbocycles. The highest BCUT2D eigenvalue weighted by Gasteiger charge is 2.07. The summed E-state index contributed by atoms with van der Waals surface area (Å²) in [5.74, 6) is 0. The first kappa shape index (κ1) is 13.4. The standard InChI is InChI=1S/C15H11ClN2OS/c16-13-7-11(6-5-10(13)8-19)20-15-12-3-1-2-4-14(12)17-9-18-15/h1-7,9,19H,8H2. The number of aliphatic hydroxyl groups excluding tert-OH is 1. The van der Waals surface area contributed by atoms with E-state index in [2.05, 4.69) is 9.97 Å². The van der Waals surface area contributed by atoms with Gasteiger partial charge in [-0.15, -0.1) is 0 Å². The molecule has 0 saturated heterocycles. The quantitative estimate of drug-likeness (QED) is 0.745. The van der Waals surface area contributed by atoms with Crippen molar-refractivity contribution in [1.82, 2.24) is 9.97 Å². The van der Waals surface area contributed by atoms with E-state index in [1.165, 1.54) is 11.8 Å². The van der Waals surface area contributed by atoms with Crippen molar-refractivity contribution in [2.45, 2.75) is 16.5 Å². The van der Waals surface area contributed by atoms with Gasteiger partial charge in [0.2, 0.25) is 0 Å². The van der Waals surface area contributed by atoms with Crippen LogP contribution in [-0.4, -0.2) is 15.1 Å². The molecule has 0 fully saturated rings. The van der Waals surface area contributed by atoms with Crippen molar-refractivity contribution in [1.29, 1.82) is 0 Å². The number of rotatable bonds is 3. The zero-order valence-electron chi connectivity index (χ0n) is 10.5. The summed E-state index contributed by atoms with van der Waals surface area (Å²) in [5.41, 5.74) is 1.65. The Kier molecular flexibility index (Phi) is 3.87. The van der Waals surface area contributed by atoms with Crippen LogP contribution in [0.4, 0.5) is 0 Å². The van der Waals surface area contributed by atoms with Gasteiger partial charge in [0.25, 0.3) is 0 Å². The molecule has 0 unspecified atom stereocenters. The van der Waals surface area contributed by atoms with Crippen molar-refractivity contribution >= 4 is 34.3 Å². The third kappa shape index (κ3) is 2.63. The number of nitrogens with zero attached hydrogens (tertiary/aromatic N) is 2. The van der Waals surface area contributed by atoms with Crippen LogP contribution >= 0.6 is 23.4 Å². The number of hydrogen-bond donors (Lipinski definition) is 1. The normalized spacial score (nSPS) is 10.9. The van der Waals surface area contributed by atoms with Gasteiger partial charge in [-0.3, -0.25) is 0 Å². The van der Waals surface area contributed by atoms with Crippen molar-refractivity contribution in [3.63, 3.8) is 0 Å². The Morgan fingerprint density at radius 3 is 2.75 bits per heavy atom. The predicted octanol–water partition coefficient (Wildman–Crippen LogP) is 3.93. The minimum absolute atomic E-state index is 0.0553. The number of para-hydroxylation sites is 1. The Bertz CT molecular complexity index is 758. The molecule has 1 heterocycles. The van der Waals surface area contributed by atoms with Crippen LogP contribution in [0.1, 0.15) is 5.56 Å². The fourth-order valence-electron chi connectivity index (χ4n) is 1.89. The fraction of sp³-hybridized carbons (Fsp3) is 0.0667. The molecule has 3 aromatic rings. The minimum Gasteiger partial charge on any atom is -0.392 e. The average Bonchev–Trinajstić information content (AvgIpc) is 2.48. The van der Waals surface area contributed by atoms with E-state index in [-0.39, 0.29) is 6.61 Å². The first-order valence-corrected chi connectivity index (χ1v) is 7.24. The lowest BCUT2D eigenvalue weighted by Crippen LogP contribution is -1.88. The second kappa shape index (κ2) is 5.79. The number of benzene rings is 2. The van der Waals surface area contributed by atoms with Crippen LogP contribution < -0.4 is 0 Å². The maximum absolute atomic E-state index is 9.13. The highest BCUT2D eigenvalue weighted by Crippen LogP contribution is 2.33. The Labute approximate surface area is 125 Å². The average molecular weight is 303 g/mol. The van der Waals surface area contributed by atoms with Crippen LogP contribution in [0.2, 0.25) is 5.02 Å². The van der Waals surface area contributed by atoms with Gasteiger partial charge in [0.15, 0.2) is 0 Å². The zero-order chi connectivity index (χ0) is 13.9. The number of hydrogen-bond acceptors (Lipinski definition) is 4. The number of aromatic nitrogens is 2. The third-order valence-electron chi connectivity index (χ3n) is 2.92. The van der Waals surface area contributed by atoms with E-state index in [1.807, 2.05) is 42.5 Å². The van der Waals surface area contributed by atoms with Gasteiger partial charge >= 0.3 is 0 Å². The minimum atomic E-state index is -0.0553. The maximum atomic E-state index is 9.13. The van der Waals surface area contributed by atoms with Crippen molar-refractivity contribution < 1.29 is 5.11 Å². The molecule has 0 aliphatic heterocycles. The third-order valence-corrected chi connectivity index (χ3v) is 4.28. The van der Waals surface area contributed by atoms with Crippen LogP contribution in [0.5, 0.6) is 0 Å².